The molecule has 0 aromatic heterocycles. The van der Waals surface area contributed by atoms with Crippen LogP contribution in [0.25, 0.3) is 0 Å². The molecule has 0 bridgehead atoms. The van der Waals surface area contributed by atoms with Crippen molar-refractivity contribution in [3.8, 4) is 0 Å². The van der Waals surface area contributed by atoms with E-state index in [2.05, 4.69) is 55.4 Å². The van der Waals surface area contributed by atoms with Crippen LogP contribution in [0.3, 0.4) is 0 Å². The van der Waals surface area contributed by atoms with E-state index in [-0.39, 0.29) is 25.7 Å². The summed E-state index contributed by atoms with van der Waals surface area (Å²) in [6.07, 6.45) is 47.4. The van der Waals surface area contributed by atoms with Crippen LogP contribution in [-0.2, 0) is 65.4 Å². The summed E-state index contributed by atoms with van der Waals surface area (Å²) in [6, 6.07) is 0. The third-order valence-corrected chi connectivity index (χ3v) is 19.7. The minimum atomic E-state index is -4.95. The average molecular weight is 1370 g/mol. The van der Waals surface area contributed by atoms with Crippen molar-refractivity contribution < 1.29 is 80.2 Å². The molecule has 19 heteroatoms. The van der Waals surface area contributed by atoms with E-state index in [0.29, 0.717) is 31.6 Å². The second-order valence-electron chi connectivity index (χ2n) is 28.1. The monoisotopic (exact) mass is 1370 g/mol. The summed E-state index contributed by atoms with van der Waals surface area (Å²) >= 11 is 0. The SMILES string of the molecule is CCC(C)CCCCCCCCCCCCCCCCC(=O)O[C@H](COC(=O)CCCCCCCCC(C)CC)COP(=O)(O)OC[C@H](O)COP(=O)(O)OC[C@@H](COC(=O)CCCCCCCCCCCCCCCC(C)C)OC(=O)CCCCCCCCC(C)C. The van der Waals surface area contributed by atoms with E-state index in [9.17, 15) is 43.2 Å². The van der Waals surface area contributed by atoms with Gasteiger partial charge in [0.25, 0.3) is 0 Å². The van der Waals surface area contributed by atoms with Crippen molar-refractivity contribution in [3.05, 3.63) is 0 Å². The Labute approximate surface area is 568 Å². The third kappa shape index (κ3) is 65.8. The van der Waals surface area contributed by atoms with Gasteiger partial charge >= 0.3 is 39.5 Å². The number of carbonyl (C=O) groups is 4. The number of carbonyl (C=O) groups excluding carboxylic acids is 4. The number of rotatable bonds is 71. The minimum absolute atomic E-state index is 0.102. The number of ether oxygens (including phenoxy) is 4. The Morgan fingerprint density at radius 3 is 0.763 bits per heavy atom. The molecular weight excluding hydrogens is 1220 g/mol. The fourth-order valence-corrected chi connectivity index (χ4v) is 12.7. The number of hydrogen-bond donors (Lipinski definition) is 3. The summed E-state index contributed by atoms with van der Waals surface area (Å²) in [5.74, 6) is 0.908. The van der Waals surface area contributed by atoms with Crippen LogP contribution < -0.4 is 0 Å². The molecule has 0 aliphatic carbocycles. The molecule has 3 N–H and O–H groups in total. The fraction of sp³-hybridized carbons (Fsp3) is 0.946. The summed E-state index contributed by atoms with van der Waals surface area (Å²) in [5.41, 5.74) is 0. The van der Waals surface area contributed by atoms with E-state index in [0.717, 1.165) is 114 Å². The van der Waals surface area contributed by atoms with E-state index in [1.54, 1.807) is 0 Å². The van der Waals surface area contributed by atoms with Crippen LogP contribution in [0, 0.1) is 23.7 Å². The number of phosphoric ester groups is 2. The van der Waals surface area contributed by atoms with Crippen LogP contribution in [0.4, 0.5) is 0 Å². The second-order valence-corrected chi connectivity index (χ2v) is 31.0. The Morgan fingerprint density at radius 1 is 0.301 bits per heavy atom. The highest BCUT2D eigenvalue weighted by molar-refractivity contribution is 7.47. The van der Waals surface area contributed by atoms with E-state index < -0.39 is 97.5 Å². The van der Waals surface area contributed by atoms with Crippen LogP contribution in [0.5, 0.6) is 0 Å². The van der Waals surface area contributed by atoms with Gasteiger partial charge in [-0.3, -0.25) is 37.3 Å². The van der Waals surface area contributed by atoms with E-state index >= 15 is 0 Å². The number of aliphatic hydroxyl groups excluding tert-OH is 1. The quantitative estimate of drug-likeness (QED) is 0.0222. The van der Waals surface area contributed by atoms with Crippen LogP contribution in [0.1, 0.15) is 370 Å². The summed E-state index contributed by atoms with van der Waals surface area (Å²) in [4.78, 5) is 72.6. The van der Waals surface area contributed by atoms with Gasteiger partial charge in [0, 0.05) is 25.7 Å². The van der Waals surface area contributed by atoms with Crippen molar-refractivity contribution in [1.82, 2.24) is 0 Å². The van der Waals surface area contributed by atoms with Crippen molar-refractivity contribution in [2.45, 2.75) is 388 Å². The Morgan fingerprint density at radius 2 is 0.516 bits per heavy atom. The van der Waals surface area contributed by atoms with Crippen LogP contribution in [-0.4, -0.2) is 96.7 Å². The molecule has 0 amide bonds. The van der Waals surface area contributed by atoms with Gasteiger partial charge in [0.15, 0.2) is 12.2 Å². The largest absolute Gasteiger partial charge is 0.472 e. The maximum absolute atomic E-state index is 13.0. The molecule has 0 spiro atoms. The van der Waals surface area contributed by atoms with Gasteiger partial charge in [-0.1, -0.05) is 319 Å². The zero-order valence-corrected chi connectivity index (χ0v) is 62.7. The van der Waals surface area contributed by atoms with Gasteiger partial charge in [0.2, 0.25) is 0 Å². The second kappa shape index (κ2) is 63.5. The first-order chi connectivity index (χ1) is 44.7. The standard InChI is InChI=1S/C74H144O17P2/c1-9-66(7)52-44-36-27-23-19-15-11-12-16-21-25-29-40-48-56-73(78)90-69(61-85-72(77)55-47-39-33-31-37-45-53-67(8)10-2)62-88-92(80,81)86-58-68(75)59-87-93(82,83)89-63-70(91-74(79)57-49-41-32-30-35-43-51-65(5)6)60-84-71(76)54-46-38-28-24-20-17-13-14-18-22-26-34-42-50-64(3)4/h64-70,75H,9-63H2,1-8H3,(H,80,81)(H,82,83)/t66?,67?,68-,69+,70+/m0/s1. The lowest BCUT2D eigenvalue weighted by atomic mass is 9.99. The molecule has 0 aromatic carbocycles. The third-order valence-electron chi connectivity index (χ3n) is 17.8. The van der Waals surface area contributed by atoms with Gasteiger partial charge in [-0.15, -0.1) is 0 Å². The lowest BCUT2D eigenvalue weighted by Crippen LogP contribution is -2.30. The topological polar surface area (TPSA) is 237 Å². The molecule has 93 heavy (non-hydrogen) atoms. The molecule has 0 fully saturated rings. The van der Waals surface area contributed by atoms with Gasteiger partial charge in [0.1, 0.15) is 19.3 Å². The summed E-state index contributed by atoms with van der Waals surface area (Å²) in [5, 5.41) is 10.6. The highest BCUT2D eigenvalue weighted by Gasteiger charge is 2.30. The maximum atomic E-state index is 13.0. The molecular formula is C74H144O17P2. The van der Waals surface area contributed by atoms with E-state index in [1.807, 2.05) is 0 Å². The number of phosphoric acid groups is 2. The minimum Gasteiger partial charge on any atom is -0.462 e. The molecule has 0 aliphatic heterocycles. The fourth-order valence-electron chi connectivity index (χ4n) is 11.1. The predicted molar refractivity (Wildman–Crippen MR) is 377 cm³/mol. The lowest BCUT2D eigenvalue weighted by molar-refractivity contribution is -0.161. The molecule has 0 radical (unpaired) electrons. The maximum Gasteiger partial charge on any atom is 0.472 e. The van der Waals surface area contributed by atoms with Crippen LogP contribution in [0.15, 0.2) is 0 Å². The predicted octanol–water partition coefficient (Wildman–Crippen LogP) is 21.3. The van der Waals surface area contributed by atoms with Crippen molar-refractivity contribution in [1.29, 1.82) is 0 Å². The van der Waals surface area contributed by atoms with Crippen molar-refractivity contribution >= 4 is 39.5 Å². The Bertz CT molecular complexity index is 1840. The highest BCUT2D eigenvalue weighted by atomic mass is 31.2. The van der Waals surface area contributed by atoms with Crippen molar-refractivity contribution in [2.24, 2.45) is 23.7 Å². The van der Waals surface area contributed by atoms with Crippen molar-refractivity contribution in [2.75, 3.05) is 39.6 Å². The zero-order valence-electron chi connectivity index (χ0n) is 60.9. The molecule has 0 heterocycles. The molecule has 17 nitrogen and oxygen atoms in total. The number of hydrogen-bond acceptors (Lipinski definition) is 15. The zero-order chi connectivity index (χ0) is 68.9. The highest BCUT2D eigenvalue weighted by Crippen LogP contribution is 2.45. The lowest BCUT2D eigenvalue weighted by Gasteiger charge is -2.21. The normalized spacial score (nSPS) is 14.8. The number of aliphatic hydroxyl groups is 1. The molecule has 0 saturated carbocycles. The summed E-state index contributed by atoms with van der Waals surface area (Å²) in [7, 11) is -9.91. The van der Waals surface area contributed by atoms with E-state index in [1.165, 1.54) is 167 Å². The summed E-state index contributed by atoms with van der Waals surface area (Å²) in [6.45, 7) is 14.1. The molecule has 0 rings (SSSR count). The van der Waals surface area contributed by atoms with Gasteiger partial charge in [-0.25, -0.2) is 9.13 Å². The molecule has 7 atom stereocenters. The summed E-state index contributed by atoms with van der Waals surface area (Å²) < 4.78 is 68.4. The molecule has 0 aromatic rings. The van der Waals surface area contributed by atoms with Gasteiger partial charge in [0.05, 0.1) is 26.4 Å². The Hall–Kier alpha value is -1.94. The first-order valence-corrected chi connectivity index (χ1v) is 41.3. The first kappa shape index (κ1) is 91.1. The number of unbranched alkanes of at least 4 members (excludes halogenated alkanes) is 35. The van der Waals surface area contributed by atoms with Gasteiger partial charge in [-0.2, -0.15) is 0 Å². The average Bonchev–Trinajstić information content (AvgIpc) is 3.61. The molecule has 0 aliphatic rings. The Kier molecular flexibility index (Phi) is 62.2. The smallest absolute Gasteiger partial charge is 0.462 e. The Balaban J connectivity index is 5.18. The van der Waals surface area contributed by atoms with Gasteiger partial charge < -0.3 is 33.8 Å². The van der Waals surface area contributed by atoms with Gasteiger partial charge in [-0.05, 0) is 49.4 Å². The van der Waals surface area contributed by atoms with Crippen LogP contribution in [0.2, 0.25) is 0 Å². The van der Waals surface area contributed by atoms with E-state index in [4.69, 9.17) is 37.0 Å². The van der Waals surface area contributed by atoms with Crippen molar-refractivity contribution in [3.63, 3.8) is 0 Å². The molecule has 552 valence electrons. The molecule has 0 saturated heterocycles. The molecule has 4 unspecified atom stereocenters. The van der Waals surface area contributed by atoms with Crippen LogP contribution >= 0.6 is 15.6 Å². The first-order valence-electron chi connectivity index (χ1n) is 38.3. The number of esters is 4.